The molecule has 0 aliphatic carbocycles. The van der Waals surface area contributed by atoms with Gasteiger partial charge in [-0.2, -0.15) is 4.98 Å². The summed E-state index contributed by atoms with van der Waals surface area (Å²) in [4.78, 5) is 23.5. The summed E-state index contributed by atoms with van der Waals surface area (Å²) in [6, 6.07) is 8.08. The molecule has 4 N–H and O–H groups in total. The van der Waals surface area contributed by atoms with Crippen LogP contribution in [0.25, 0.3) is 0 Å². The highest BCUT2D eigenvalue weighted by Crippen LogP contribution is 2.29. The summed E-state index contributed by atoms with van der Waals surface area (Å²) >= 11 is 0. The van der Waals surface area contributed by atoms with E-state index in [0.717, 1.165) is 36.5 Å². The third-order valence-corrected chi connectivity index (χ3v) is 4.52. The van der Waals surface area contributed by atoms with Crippen molar-refractivity contribution in [1.82, 2.24) is 15.3 Å². The molecule has 0 saturated carbocycles. The number of hydrogen-bond acceptors (Lipinski definition) is 6. The van der Waals surface area contributed by atoms with Crippen LogP contribution in [0.2, 0.25) is 0 Å². The molecule has 3 heterocycles. The Morgan fingerprint density at radius 1 is 1.33 bits per heavy atom. The van der Waals surface area contributed by atoms with Crippen LogP contribution in [0, 0.1) is 6.92 Å². The number of nitrogens with zero attached hydrogens (tertiary/aromatic N) is 3. The third kappa shape index (κ3) is 2.56. The maximum Gasteiger partial charge on any atom is 0.257 e. The van der Waals surface area contributed by atoms with Gasteiger partial charge in [0, 0.05) is 24.8 Å². The van der Waals surface area contributed by atoms with Crippen LogP contribution < -0.4 is 21.3 Å². The standard InChI is InChI=1S/C17H20N6O/c1-10-4-2-3-5-12(10)20-15-14-13(8-19-16(14)24)21-17(22-15)23-7-6-11(18)9-23/h2-5,11H,6-9,18H2,1H3,(H,19,24)(H,20,21,22). The quantitative estimate of drug-likeness (QED) is 0.788. The molecule has 7 nitrogen and oxygen atoms in total. The molecule has 0 spiro atoms. The average molecular weight is 324 g/mol. The number of para-hydroxylation sites is 1. The van der Waals surface area contributed by atoms with Crippen molar-refractivity contribution in [3.8, 4) is 0 Å². The molecule has 1 saturated heterocycles. The number of anilines is 3. The molecule has 2 aliphatic rings. The number of carbonyl (C=O) groups excluding carboxylic acids is 1. The molecule has 24 heavy (non-hydrogen) atoms. The lowest BCUT2D eigenvalue weighted by atomic mass is 10.2. The highest BCUT2D eigenvalue weighted by atomic mass is 16.2. The van der Waals surface area contributed by atoms with Crippen LogP contribution in [0.5, 0.6) is 0 Å². The molecule has 1 aromatic carbocycles. The number of aryl methyl sites for hydroxylation is 1. The van der Waals surface area contributed by atoms with E-state index in [-0.39, 0.29) is 11.9 Å². The van der Waals surface area contributed by atoms with E-state index in [0.29, 0.717) is 23.9 Å². The number of amides is 1. The van der Waals surface area contributed by atoms with E-state index < -0.39 is 0 Å². The molecule has 124 valence electrons. The second-order valence-corrected chi connectivity index (χ2v) is 6.31. The molecule has 7 heteroatoms. The first-order valence-electron chi connectivity index (χ1n) is 8.14. The lowest BCUT2D eigenvalue weighted by molar-refractivity contribution is 0.0966. The maximum absolute atomic E-state index is 12.2. The minimum Gasteiger partial charge on any atom is -0.346 e. The SMILES string of the molecule is Cc1ccccc1Nc1nc(N2CCC(N)C2)nc2c1C(=O)NC2. The Kier molecular flexibility index (Phi) is 3.57. The van der Waals surface area contributed by atoms with Gasteiger partial charge in [0.1, 0.15) is 11.4 Å². The number of aromatic nitrogens is 2. The van der Waals surface area contributed by atoms with Crippen molar-refractivity contribution >= 4 is 23.4 Å². The van der Waals surface area contributed by atoms with E-state index in [1.54, 1.807) is 0 Å². The zero-order valence-corrected chi connectivity index (χ0v) is 13.5. The number of fused-ring (bicyclic) bond motifs is 1. The highest BCUT2D eigenvalue weighted by Gasteiger charge is 2.29. The van der Waals surface area contributed by atoms with E-state index in [1.807, 2.05) is 31.2 Å². The molecule has 4 rings (SSSR count). The van der Waals surface area contributed by atoms with Gasteiger partial charge in [0.25, 0.3) is 5.91 Å². The van der Waals surface area contributed by atoms with Gasteiger partial charge in [-0.25, -0.2) is 4.98 Å². The molecule has 1 atom stereocenters. The summed E-state index contributed by atoms with van der Waals surface area (Å²) in [6.45, 7) is 4.03. The van der Waals surface area contributed by atoms with Crippen LogP contribution in [0.4, 0.5) is 17.5 Å². The molecule has 1 unspecified atom stereocenters. The van der Waals surface area contributed by atoms with Crippen molar-refractivity contribution < 1.29 is 4.79 Å². The Morgan fingerprint density at radius 3 is 2.92 bits per heavy atom. The molecule has 0 radical (unpaired) electrons. The fourth-order valence-electron chi connectivity index (χ4n) is 3.15. The van der Waals surface area contributed by atoms with Crippen LogP contribution in [0.15, 0.2) is 24.3 Å². The summed E-state index contributed by atoms with van der Waals surface area (Å²) in [5, 5.41) is 6.14. The van der Waals surface area contributed by atoms with Gasteiger partial charge in [-0.15, -0.1) is 0 Å². The average Bonchev–Trinajstić information content (AvgIpc) is 3.16. The summed E-state index contributed by atoms with van der Waals surface area (Å²) in [7, 11) is 0. The Labute approximate surface area is 140 Å². The Bertz CT molecular complexity index is 806. The van der Waals surface area contributed by atoms with E-state index >= 15 is 0 Å². The smallest absolute Gasteiger partial charge is 0.257 e. The van der Waals surface area contributed by atoms with Crippen molar-refractivity contribution in [2.24, 2.45) is 5.73 Å². The zero-order chi connectivity index (χ0) is 16.7. The second-order valence-electron chi connectivity index (χ2n) is 6.31. The molecular formula is C17H20N6O. The maximum atomic E-state index is 12.2. The van der Waals surface area contributed by atoms with E-state index in [1.165, 1.54) is 0 Å². The van der Waals surface area contributed by atoms with Gasteiger partial charge >= 0.3 is 0 Å². The largest absolute Gasteiger partial charge is 0.346 e. The van der Waals surface area contributed by atoms with Gasteiger partial charge < -0.3 is 21.3 Å². The molecular weight excluding hydrogens is 304 g/mol. The Balaban J connectivity index is 1.75. The van der Waals surface area contributed by atoms with Crippen molar-refractivity contribution in [1.29, 1.82) is 0 Å². The van der Waals surface area contributed by atoms with Gasteiger partial charge in [0.05, 0.1) is 12.2 Å². The lowest BCUT2D eigenvalue weighted by Crippen LogP contribution is -2.28. The third-order valence-electron chi connectivity index (χ3n) is 4.52. The zero-order valence-electron chi connectivity index (χ0n) is 13.5. The van der Waals surface area contributed by atoms with Gasteiger partial charge in [-0.1, -0.05) is 18.2 Å². The van der Waals surface area contributed by atoms with Crippen molar-refractivity contribution in [2.75, 3.05) is 23.3 Å². The molecule has 1 aromatic heterocycles. The van der Waals surface area contributed by atoms with Gasteiger partial charge in [-0.3, -0.25) is 4.79 Å². The fraction of sp³-hybridized carbons (Fsp3) is 0.353. The number of nitrogens with one attached hydrogen (secondary N) is 2. The predicted molar refractivity (Wildman–Crippen MR) is 92.5 cm³/mol. The van der Waals surface area contributed by atoms with Gasteiger partial charge in [-0.05, 0) is 25.0 Å². The van der Waals surface area contributed by atoms with Crippen LogP contribution in [-0.4, -0.2) is 35.0 Å². The first-order chi connectivity index (χ1) is 11.6. The summed E-state index contributed by atoms with van der Waals surface area (Å²) in [5.74, 6) is 1.06. The van der Waals surface area contributed by atoms with E-state index in [2.05, 4.69) is 25.5 Å². The predicted octanol–water partition coefficient (Wildman–Crippen LogP) is 1.31. The topological polar surface area (TPSA) is 96.2 Å². The van der Waals surface area contributed by atoms with Crippen molar-refractivity contribution in [2.45, 2.75) is 25.9 Å². The number of benzene rings is 1. The number of hydrogen-bond donors (Lipinski definition) is 3. The molecule has 2 aromatic rings. The number of rotatable bonds is 3. The van der Waals surface area contributed by atoms with Crippen molar-refractivity contribution in [3.63, 3.8) is 0 Å². The molecule has 0 bridgehead atoms. The Morgan fingerprint density at radius 2 is 2.17 bits per heavy atom. The molecule has 2 aliphatic heterocycles. The highest BCUT2D eigenvalue weighted by molar-refractivity contribution is 6.03. The lowest BCUT2D eigenvalue weighted by Gasteiger charge is -2.18. The Hall–Kier alpha value is -2.67. The van der Waals surface area contributed by atoms with E-state index in [4.69, 9.17) is 5.73 Å². The normalized spacial score (nSPS) is 19.3. The summed E-state index contributed by atoms with van der Waals surface area (Å²) < 4.78 is 0. The minimum atomic E-state index is -0.134. The first kappa shape index (κ1) is 14.9. The van der Waals surface area contributed by atoms with Crippen LogP contribution in [0.3, 0.4) is 0 Å². The molecule has 1 amide bonds. The number of carbonyl (C=O) groups is 1. The van der Waals surface area contributed by atoms with Crippen molar-refractivity contribution in [3.05, 3.63) is 41.1 Å². The fourth-order valence-corrected chi connectivity index (χ4v) is 3.15. The van der Waals surface area contributed by atoms with Gasteiger partial charge in [0.15, 0.2) is 0 Å². The first-order valence-corrected chi connectivity index (χ1v) is 8.14. The monoisotopic (exact) mass is 324 g/mol. The van der Waals surface area contributed by atoms with Crippen LogP contribution >= 0.6 is 0 Å². The molecule has 1 fully saturated rings. The minimum absolute atomic E-state index is 0.134. The second kappa shape index (κ2) is 5.76. The van der Waals surface area contributed by atoms with Crippen LogP contribution in [-0.2, 0) is 6.54 Å². The van der Waals surface area contributed by atoms with E-state index in [9.17, 15) is 4.79 Å². The summed E-state index contributed by atoms with van der Waals surface area (Å²) in [6.07, 6.45) is 0.929. The number of nitrogens with two attached hydrogens (primary N) is 1. The van der Waals surface area contributed by atoms with Gasteiger partial charge in [0.2, 0.25) is 5.95 Å². The summed E-state index contributed by atoms with van der Waals surface area (Å²) in [5.41, 5.74) is 9.29. The van der Waals surface area contributed by atoms with Crippen LogP contribution in [0.1, 0.15) is 28.0 Å².